The standard InChI is InChI=1S/C28H33N5O3/c1-20-10-8-9-15-23(20)30-24(34)19-32(17-16-21-11-4-2-5-12-21)25-26(29)33(28(36)31-27(25)35)18-22-13-6-3-7-14-22/h3,6-11,13-15H,2,4-5,12,16-19,29H2,1H3,(H,30,34)(H,31,35,36). The lowest BCUT2D eigenvalue weighted by atomic mass is 9.97. The molecular formula is C28H33N5O3. The summed E-state index contributed by atoms with van der Waals surface area (Å²) >= 11 is 0. The maximum Gasteiger partial charge on any atom is 0.330 e. The number of carbonyl (C=O) groups excluding carboxylic acids is 1. The van der Waals surface area contributed by atoms with Crippen molar-refractivity contribution in [2.75, 3.05) is 29.0 Å². The summed E-state index contributed by atoms with van der Waals surface area (Å²) in [5.41, 5.74) is 9.27. The van der Waals surface area contributed by atoms with Crippen LogP contribution in [0.1, 0.15) is 43.2 Å². The summed E-state index contributed by atoms with van der Waals surface area (Å²) in [7, 11) is 0. The fraction of sp³-hybridized carbons (Fsp3) is 0.321. The third kappa shape index (κ3) is 6.13. The van der Waals surface area contributed by atoms with Crippen LogP contribution in [0.5, 0.6) is 0 Å². The molecule has 4 rings (SSSR count). The number of aromatic nitrogens is 2. The Morgan fingerprint density at radius 1 is 1.08 bits per heavy atom. The Kier molecular flexibility index (Phi) is 8.05. The van der Waals surface area contributed by atoms with Gasteiger partial charge in [0.25, 0.3) is 5.56 Å². The largest absolute Gasteiger partial charge is 0.383 e. The van der Waals surface area contributed by atoms with Crippen LogP contribution in [-0.4, -0.2) is 28.5 Å². The zero-order chi connectivity index (χ0) is 25.5. The van der Waals surface area contributed by atoms with Crippen LogP contribution in [0.3, 0.4) is 0 Å². The van der Waals surface area contributed by atoms with Crippen molar-refractivity contribution in [1.29, 1.82) is 0 Å². The van der Waals surface area contributed by atoms with Crippen LogP contribution in [0.15, 0.2) is 75.8 Å². The molecule has 0 fully saturated rings. The topological polar surface area (TPSA) is 113 Å². The number of aromatic amines is 1. The number of hydrogen-bond donors (Lipinski definition) is 3. The van der Waals surface area contributed by atoms with Crippen molar-refractivity contribution in [2.24, 2.45) is 0 Å². The number of benzene rings is 2. The quantitative estimate of drug-likeness (QED) is 0.397. The number of para-hydroxylation sites is 1. The van der Waals surface area contributed by atoms with E-state index in [1.54, 1.807) is 4.90 Å². The van der Waals surface area contributed by atoms with Crippen LogP contribution >= 0.6 is 0 Å². The Bertz CT molecular complexity index is 1360. The normalized spacial score (nSPS) is 13.2. The molecule has 1 aliphatic carbocycles. The smallest absolute Gasteiger partial charge is 0.330 e. The highest BCUT2D eigenvalue weighted by molar-refractivity contribution is 5.95. The zero-order valence-electron chi connectivity index (χ0n) is 20.6. The number of H-pyrrole nitrogens is 1. The van der Waals surface area contributed by atoms with Gasteiger partial charge in [-0.1, -0.05) is 60.2 Å². The van der Waals surface area contributed by atoms with Gasteiger partial charge in [0.05, 0.1) is 13.1 Å². The van der Waals surface area contributed by atoms with E-state index in [2.05, 4.69) is 16.4 Å². The molecule has 36 heavy (non-hydrogen) atoms. The second kappa shape index (κ2) is 11.6. The predicted octanol–water partition coefficient (Wildman–Crippen LogP) is 3.81. The lowest BCUT2D eigenvalue weighted by Crippen LogP contribution is -2.42. The van der Waals surface area contributed by atoms with Crippen molar-refractivity contribution in [1.82, 2.24) is 9.55 Å². The van der Waals surface area contributed by atoms with Gasteiger partial charge in [0.15, 0.2) is 0 Å². The van der Waals surface area contributed by atoms with E-state index >= 15 is 0 Å². The van der Waals surface area contributed by atoms with E-state index in [1.165, 1.54) is 16.6 Å². The van der Waals surface area contributed by atoms with Crippen LogP contribution in [0.4, 0.5) is 17.2 Å². The number of nitrogens with one attached hydrogen (secondary N) is 2. The van der Waals surface area contributed by atoms with Gasteiger partial charge in [-0.2, -0.15) is 0 Å². The molecule has 0 spiro atoms. The van der Waals surface area contributed by atoms with Gasteiger partial charge in [-0.3, -0.25) is 19.1 Å². The highest BCUT2D eigenvalue weighted by Crippen LogP contribution is 2.23. The van der Waals surface area contributed by atoms with Gasteiger partial charge in [0.1, 0.15) is 11.5 Å². The minimum Gasteiger partial charge on any atom is -0.383 e. The first kappa shape index (κ1) is 25.0. The molecule has 0 atom stereocenters. The van der Waals surface area contributed by atoms with Crippen molar-refractivity contribution in [3.8, 4) is 0 Å². The van der Waals surface area contributed by atoms with E-state index in [-0.39, 0.29) is 30.5 Å². The number of nitrogens with zero attached hydrogens (tertiary/aromatic N) is 2. The number of allylic oxidation sites excluding steroid dienone is 1. The summed E-state index contributed by atoms with van der Waals surface area (Å²) < 4.78 is 1.35. The lowest BCUT2D eigenvalue weighted by Gasteiger charge is -2.27. The van der Waals surface area contributed by atoms with Crippen molar-refractivity contribution >= 4 is 23.1 Å². The number of carbonyl (C=O) groups is 1. The number of amides is 1. The molecule has 4 N–H and O–H groups in total. The molecule has 2 aromatic carbocycles. The molecule has 1 aliphatic rings. The van der Waals surface area contributed by atoms with Gasteiger partial charge < -0.3 is 16.0 Å². The Morgan fingerprint density at radius 3 is 2.56 bits per heavy atom. The van der Waals surface area contributed by atoms with E-state index in [0.717, 1.165) is 30.4 Å². The average molecular weight is 488 g/mol. The van der Waals surface area contributed by atoms with Gasteiger partial charge >= 0.3 is 5.69 Å². The Balaban J connectivity index is 1.65. The highest BCUT2D eigenvalue weighted by Gasteiger charge is 2.22. The van der Waals surface area contributed by atoms with Crippen LogP contribution in [0.2, 0.25) is 0 Å². The van der Waals surface area contributed by atoms with Crippen molar-refractivity contribution in [3.05, 3.63) is 98.2 Å². The van der Waals surface area contributed by atoms with E-state index in [4.69, 9.17) is 5.73 Å². The maximum absolute atomic E-state index is 13.1. The summed E-state index contributed by atoms with van der Waals surface area (Å²) in [6, 6.07) is 17.0. The van der Waals surface area contributed by atoms with E-state index in [0.29, 0.717) is 18.7 Å². The second-order valence-electron chi connectivity index (χ2n) is 9.21. The molecule has 0 unspecified atom stereocenters. The van der Waals surface area contributed by atoms with Crippen LogP contribution in [0, 0.1) is 6.92 Å². The van der Waals surface area contributed by atoms with Gasteiger partial charge in [-0.25, -0.2) is 4.79 Å². The molecule has 8 nitrogen and oxygen atoms in total. The maximum atomic E-state index is 13.1. The van der Waals surface area contributed by atoms with Crippen LogP contribution < -0.4 is 27.2 Å². The lowest BCUT2D eigenvalue weighted by molar-refractivity contribution is -0.115. The molecule has 0 saturated heterocycles. The van der Waals surface area contributed by atoms with Crippen LogP contribution in [-0.2, 0) is 11.3 Å². The van der Waals surface area contributed by atoms with Crippen molar-refractivity contribution in [3.63, 3.8) is 0 Å². The summed E-state index contributed by atoms with van der Waals surface area (Å²) in [5, 5.41) is 2.94. The number of nitrogen functional groups attached to an aromatic ring is 1. The van der Waals surface area contributed by atoms with E-state index < -0.39 is 11.2 Å². The molecular weight excluding hydrogens is 454 g/mol. The molecule has 1 aromatic heterocycles. The molecule has 0 aliphatic heterocycles. The first-order valence-electron chi connectivity index (χ1n) is 12.4. The average Bonchev–Trinajstić information content (AvgIpc) is 2.87. The Hall–Kier alpha value is -4.07. The summed E-state index contributed by atoms with van der Waals surface area (Å²) in [5.74, 6) is -0.213. The molecule has 0 bridgehead atoms. The molecule has 0 saturated carbocycles. The van der Waals surface area contributed by atoms with Gasteiger partial charge in [0.2, 0.25) is 5.91 Å². The first-order chi connectivity index (χ1) is 17.4. The van der Waals surface area contributed by atoms with Gasteiger partial charge in [-0.15, -0.1) is 0 Å². The number of anilines is 3. The molecule has 3 aromatic rings. The van der Waals surface area contributed by atoms with Gasteiger partial charge in [0, 0.05) is 12.2 Å². The van der Waals surface area contributed by atoms with E-state index in [9.17, 15) is 14.4 Å². The number of rotatable bonds is 9. The zero-order valence-corrected chi connectivity index (χ0v) is 20.6. The van der Waals surface area contributed by atoms with Crippen molar-refractivity contribution in [2.45, 2.75) is 45.6 Å². The summed E-state index contributed by atoms with van der Waals surface area (Å²) in [6.07, 6.45) is 7.36. The fourth-order valence-electron chi connectivity index (χ4n) is 4.56. The minimum absolute atomic E-state index is 0.0499. The minimum atomic E-state index is -0.594. The number of nitrogens with two attached hydrogens (primary N) is 1. The van der Waals surface area contributed by atoms with Crippen LogP contribution in [0.25, 0.3) is 0 Å². The monoisotopic (exact) mass is 487 g/mol. The fourth-order valence-corrected chi connectivity index (χ4v) is 4.56. The Labute approximate surface area is 210 Å². The number of hydrogen-bond acceptors (Lipinski definition) is 5. The highest BCUT2D eigenvalue weighted by atomic mass is 16.2. The molecule has 0 radical (unpaired) electrons. The van der Waals surface area contributed by atoms with Gasteiger partial charge in [-0.05, 0) is 56.2 Å². The molecule has 188 valence electrons. The first-order valence-corrected chi connectivity index (χ1v) is 12.4. The predicted molar refractivity (Wildman–Crippen MR) is 144 cm³/mol. The second-order valence-corrected chi connectivity index (χ2v) is 9.21. The summed E-state index contributed by atoms with van der Waals surface area (Å²) in [6.45, 7) is 2.50. The summed E-state index contributed by atoms with van der Waals surface area (Å²) in [4.78, 5) is 42.9. The third-order valence-corrected chi connectivity index (χ3v) is 6.56. The number of aryl methyl sites for hydroxylation is 1. The van der Waals surface area contributed by atoms with E-state index in [1.807, 2.05) is 61.5 Å². The Morgan fingerprint density at radius 2 is 1.83 bits per heavy atom. The molecule has 1 heterocycles. The third-order valence-electron chi connectivity index (χ3n) is 6.56. The SMILES string of the molecule is Cc1ccccc1NC(=O)CN(CCC1=CCCCC1)c1c(N)n(Cc2ccccc2)c(=O)[nH]c1=O. The molecule has 1 amide bonds. The van der Waals surface area contributed by atoms with Crippen molar-refractivity contribution < 1.29 is 4.79 Å². The molecule has 8 heteroatoms.